The number of benzene rings is 1. The Labute approximate surface area is 121 Å². The summed E-state index contributed by atoms with van der Waals surface area (Å²) in [5.74, 6) is -0.0572. The van der Waals surface area contributed by atoms with Gasteiger partial charge in [-0.1, -0.05) is 0 Å². The molecule has 0 atom stereocenters. The normalized spacial score (nSPS) is 15.8. The molecule has 0 unspecified atom stereocenters. The fourth-order valence-electron chi connectivity index (χ4n) is 2.51. The Morgan fingerprint density at radius 1 is 1.30 bits per heavy atom. The van der Waals surface area contributed by atoms with E-state index in [1.165, 1.54) is 37.3 Å². The first-order chi connectivity index (χ1) is 9.72. The van der Waals surface area contributed by atoms with E-state index in [4.69, 9.17) is 9.84 Å². The smallest absolute Gasteiger partial charge is 0.345 e. The maximum Gasteiger partial charge on any atom is 0.345 e. The highest BCUT2D eigenvalue weighted by Crippen LogP contribution is 2.29. The second-order valence-electron chi connectivity index (χ2n) is 5.01. The van der Waals surface area contributed by atoms with Crippen LogP contribution in [-0.2, 0) is 0 Å². The molecule has 0 aliphatic carbocycles. The number of aromatic carboxylic acids is 1. The summed E-state index contributed by atoms with van der Waals surface area (Å²) in [5.41, 5.74) is 0. The van der Waals surface area contributed by atoms with Crippen molar-refractivity contribution in [1.29, 1.82) is 0 Å². The van der Waals surface area contributed by atoms with Gasteiger partial charge >= 0.3 is 5.97 Å². The number of carboxylic acids is 1. The molecule has 106 valence electrons. The van der Waals surface area contributed by atoms with Crippen molar-refractivity contribution in [3.8, 4) is 5.75 Å². The number of rotatable bonds is 5. The van der Waals surface area contributed by atoms with Gasteiger partial charge in [0.05, 0.1) is 0 Å². The zero-order valence-corrected chi connectivity index (χ0v) is 12.0. The molecule has 5 heteroatoms. The number of thiophene rings is 1. The summed E-state index contributed by atoms with van der Waals surface area (Å²) in [7, 11) is 0. The number of carbonyl (C=O) groups is 1. The highest BCUT2D eigenvalue weighted by atomic mass is 32.1. The van der Waals surface area contributed by atoms with Crippen molar-refractivity contribution in [3.05, 3.63) is 29.1 Å². The van der Waals surface area contributed by atoms with E-state index in [-0.39, 0.29) is 0 Å². The molecule has 0 radical (unpaired) electrons. The lowest BCUT2D eigenvalue weighted by atomic mass is 10.2. The Hall–Kier alpha value is -1.59. The van der Waals surface area contributed by atoms with Crippen molar-refractivity contribution < 1.29 is 14.6 Å². The molecule has 0 amide bonds. The second-order valence-corrected chi connectivity index (χ2v) is 6.10. The van der Waals surface area contributed by atoms with Crippen LogP contribution in [0, 0.1) is 0 Å². The van der Waals surface area contributed by atoms with Crippen LogP contribution in [0.25, 0.3) is 10.1 Å². The van der Waals surface area contributed by atoms with Gasteiger partial charge in [-0.15, -0.1) is 11.3 Å². The zero-order valence-electron chi connectivity index (χ0n) is 11.2. The van der Waals surface area contributed by atoms with Gasteiger partial charge in [-0.05, 0) is 55.6 Å². The third-order valence-corrected chi connectivity index (χ3v) is 4.66. The summed E-state index contributed by atoms with van der Waals surface area (Å²) in [6.45, 7) is 4.00. The van der Waals surface area contributed by atoms with Crippen LogP contribution >= 0.6 is 11.3 Å². The average molecular weight is 291 g/mol. The molecule has 0 spiro atoms. The topological polar surface area (TPSA) is 49.8 Å². The predicted octanol–water partition coefficient (Wildman–Crippen LogP) is 3.07. The first kappa shape index (κ1) is 13.4. The minimum absolute atomic E-state index is 0.370. The maximum atomic E-state index is 10.9. The molecule has 1 fully saturated rings. The van der Waals surface area contributed by atoms with Crippen LogP contribution in [0.4, 0.5) is 0 Å². The van der Waals surface area contributed by atoms with Crippen LogP contribution in [0.15, 0.2) is 24.3 Å². The van der Waals surface area contributed by atoms with E-state index < -0.39 is 5.97 Å². The highest BCUT2D eigenvalue weighted by molar-refractivity contribution is 7.20. The first-order valence-corrected chi connectivity index (χ1v) is 7.66. The van der Waals surface area contributed by atoms with E-state index in [1.807, 2.05) is 18.2 Å². The van der Waals surface area contributed by atoms with Gasteiger partial charge in [-0.3, -0.25) is 4.90 Å². The molecular formula is C15H17NO3S. The molecule has 0 bridgehead atoms. The number of likely N-dealkylation sites (tertiary alicyclic amines) is 1. The lowest BCUT2D eigenvalue weighted by Crippen LogP contribution is -2.25. The van der Waals surface area contributed by atoms with E-state index >= 15 is 0 Å². The quantitative estimate of drug-likeness (QED) is 0.919. The molecule has 0 saturated carbocycles. The van der Waals surface area contributed by atoms with E-state index in [0.29, 0.717) is 11.5 Å². The van der Waals surface area contributed by atoms with E-state index in [2.05, 4.69) is 4.90 Å². The highest BCUT2D eigenvalue weighted by Gasteiger charge is 2.11. The third kappa shape index (κ3) is 2.94. The van der Waals surface area contributed by atoms with Gasteiger partial charge in [-0.25, -0.2) is 4.79 Å². The number of ether oxygens (including phenoxy) is 1. The minimum Gasteiger partial charge on any atom is -0.492 e. The molecule has 3 rings (SSSR count). The van der Waals surface area contributed by atoms with Crippen molar-refractivity contribution in [2.24, 2.45) is 0 Å². The lowest BCUT2D eigenvalue weighted by Gasteiger charge is -2.14. The van der Waals surface area contributed by atoms with Crippen molar-refractivity contribution in [2.45, 2.75) is 12.8 Å². The van der Waals surface area contributed by atoms with Crippen molar-refractivity contribution in [3.63, 3.8) is 0 Å². The summed E-state index contributed by atoms with van der Waals surface area (Å²) in [6.07, 6.45) is 2.58. The number of nitrogens with zero attached hydrogens (tertiary/aromatic N) is 1. The molecule has 1 aromatic heterocycles. The number of hydrogen-bond acceptors (Lipinski definition) is 4. The monoisotopic (exact) mass is 291 g/mol. The van der Waals surface area contributed by atoms with E-state index in [1.54, 1.807) is 6.07 Å². The van der Waals surface area contributed by atoms with Crippen molar-refractivity contribution >= 4 is 27.4 Å². The summed E-state index contributed by atoms with van der Waals surface area (Å²) in [5, 5.41) is 9.95. The molecule has 1 aromatic carbocycles. The second kappa shape index (κ2) is 5.81. The Balaban J connectivity index is 1.64. The van der Waals surface area contributed by atoms with Crippen LogP contribution in [0.2, 0.25) is 0 Å². The summed E-state index contributed by atoms with van der Waals surface area (Å²) in [6, 6.07) is 7.46. The van der Waals surface area contributed by atoms with Crippen LogP contribution < -0.4 is 4.74 Å². The first-order valence-electron chi connectivity index (χ1n) is 6.84. The third-order valence-electron chi connectivity index (χ3n) is 3.58. The number of hydrogen-bond donors (Lipinski definition) is 1. The van der Waals surface area contributed by atoms with Crippen molar-refractivity contribution in [1.82, 2.24) is 4.90 Å². The summed E-state index contributed by atoms with van der Waals surface area (Å²) >= 11 is 1.29. The lowest BCUT2D eigenvalue weighted by molar-refractivity contribution is 0.0702. The van der Waals surface area contributed by atoms with Gasteiger partial charge in [-0.2, -0.15) is 0 Å². The van der Waals surface area contributed by atoms with E-state index in [0.717, 1.165) is 22.4 Å². The largest absolute Gasteiger partial charge is 0.492 e. The molecule has 2 heterocycles. The summed E-state index contributed by atoms with van der Waals surface area (Å²) < 4.78 is 6.72. The molecule has 1 aliphatic heterocycles. The summed E-state index contributed by atoms with van der Waals surface area (Å²) in [4.78, 5) is 13.7. The Bertz CT molecular complexity index is 617. The van der Waals surface area contributed by atoms with Gasteiger partial charge in [0, 0.05) is 11.2 Å². The molecule has 20 heavy (non-hydrogen) atoms. The molecule has 4 nitrogen and oxygen atoms in total. The Kier molecular flexibility index (Phi) is 3.89. The minimum atomic E-state index is -0.872. The fraction of sp³-hybridized carbons (Fsp3) is 0.400. The molecular weight excluding hydrogens is 274 g/mol. The van der Waals surface area contributed by atoms with Gasteiger partial charge in [0.2, 0.25) is 0 Å². The maximum absolute atomic E-state index is 10.9. The Morgan fingerprint density at radius 3 is 2.85 bits per heavy atom. The van der Waals surface area contributed by atoms with Crippen LogP contribution in [0.3, 0.4) is 0 Å². The van der Waals surface area contributed by atoms with E-state index in [9.17, 15) is 4.79 Å². The fourth-order valence-corrected chi connectivity index (χ4v) is 3.44. The molecule has 1 saturated heterocycles. The van der Waals surface area contributed by atoms with Gasteiger partial charge in [0.1, 0.15) is 17.2 Å². The van der Waals surface area contributed by atoms with Crippen LogP contribution in [0.5, 0.6) is 5.75 Å². The standard InChI is InChI=1S/C15H17NO3S/c17-15(18)14-9-11-3-4-12(10-13(11)20-14)19-8-7-16-5-1-2-6-16/h3-4,9-10H,1-2,5-8H2,(H,17,18). The van der Waals surface area contributed by atoms with Gasteiger partial charge < -0.3 is 9.84 Å². The zero-order chi connectivity index (χ0) is 13.9. The molecule has 2 aromatic rings. The predicted molar refractivity (Wildman–Crippen MR) is 80.0 cm³/mol. The average Bonchev–Trinajstić information content (AvgIpc) is 3.06. The van der Waals surface area contributed by atoms with Gasteiger partial charge in [0.15, 0.2) is 0 Å². The van der Waals surface area contributed by atoms with Gasteiger partial charge in [0.25, 0.3) is 0 Å². The molecule has 1 aliphatic rings. The van der Waals surface area contributed by atoms with Crippen molar-refractivity contribution in [2.75, 3.05) is 26.2 Å². The van der Waals surface area contributed by atoms with Crippen LogP contribution in [-0.4, -0.2) is 42.2 Å². The Morgan fingerprint density at radius 2 is 2.10 bits per heavy atom. The number of carboxylic acid groups (broad SMARTS) is 1. The molecule has 1 N–H and O–H groups in total. The SMILES string of the molecule is O=C(O)c1cc2ccc(OCCN3CCCC3)cc2s1. The van der Waals surface area contributed by atoms with Crippen LogP contribution in [0.1, 0.15) is 22.5 Å². The number of fused-ring (bicyclic) bond motifs is 1.